The Morgan fingerprint density at radius 3 is 2.48 bits per heavy atom. The van der Waals surface area contributed by atoms with E-state index in [1.54, 1.807) is 13.0 Å². The van der Waals surface area contributed by atoms with Crippen LogP contribution in [-0.2, 0) is 10.0 Å². The molecule has 152 valence electrons. The highest BCUT2D eigenvalue weighted by molar-refractivity contribution is 7.92. The minimum Gasteiger partial charge on any atom is -0.249 e. The molecule has 5 rings (SSSR count). The quantitative estimate of drug-likeness (QED) is 0.284. The molecule has 0 amide bonds. The van der Waals surface area contributed by atoms with Gasteiger partial charge in [0.25, 0.3) is 10.0 Å². The minimum atomic E-state index is -3.91. The van der Waals surface area contributed by atoms with Gasteiger partial charge in [0.2, 0.25) is 5.00 Å². The maximum absolute atomic E-state index is 13.9. The first-order valence-corrected chi connectivity index (χ1v) is 12.5. The minimum absolute atomic E-state index is 0.185. The van der Waals surface area contributed by atoms with E-state index in [2.05, 4.69) is 9.83 Å². The highest BCUT2D eigenvalue weighted by atomic mass is 32.2. The fourth-order valence-electron chi connectivity index (χ4n) is 3.72. The van der Waals surface area contributed by atoms with Crippen LogP contribution in [0.15, 0.2) is 76.4 Å². The summed E-state index contributed by atoms with van der Waals surface area (Å²) in [6, 6.07) is 18.8. The average molecular weight is 462 g/mol. The summed E-state index contributed by atoms with van der Waals surface area (Å²) >= 11 is 2.50. The number of hydrogen-bond donors (Lipinski definition) is 0. The second kappa shape index (κ2) is 7.46. The van der Waals surface area contributed by atoms with Crippen LogP contribution in [0.25, 0.3) is 38.1 Å². The molecule has 0 saturated heterocycles. The van der Waals surface area contributed by atoms with Gasteiger partial charge >= 0.3 is 0 Å². The molecule has 0 aliphatic carbocycles. The zero-order chi connectivity index (χ0) is 21.6. The zero-order valence-corrected chi connectivity index (χ0v) is 18.8. The van der Waals surface area contributed by atoms with Crippen molar-refractivity contribution in [3.05, 3.63) is 88.7 Å². The number of thiophene rings is 1. The summed E-state index contributed by atoms with van der Waals surface area (Å²) in [6.07, 6.45) is 1.41. The van der Waals surface area contributed by atoms with Crippen molar-refractivity contribution in [3.8, 4) is 22.4 Å². The molecule has 8 heteroatoms. The first-order valence-electron chi connectivity index (χ1n) is 9.34. The molecule has 0 unspecified atom stereocenters. The van der Waals surface area contributed by atoms with Crippen LogP contribution in [0.5, 0.6) is 0 Å². The molecule has 0 aliphatic rings. The first-order chi connectivity index (χ1) is 15.0. The predicted molar refractivity (Wildman–Crippen MR) is 126 cm³/mol. The van der Waals surface area contributed by atoms with Crippen LogP contribution in [0, 0.1) is 13.5 Å². The van der Waals surface area contributed by atoms with Crippen molar-refractivity contribution in [2.24, 2.45) is 0 Å². The highest BCUT2D eigenvalue weighted by Crippen LogP contribution is 2.47. The number of hydrogen-bond acceptors (Lipinski definition) is 5. The van der Waals surface area contributed by atoms with Gasteiger partial charge in [0.15, 0.2) is 4.21 Å². The Morgan fingerprint density at radius 1 is 1.03 bits per heavy atom. The number of aryl methyl sites for hydroxylation is 1. The molecule has 0 radical (unpaired) electrons. The van der Waals surface area contributed by atoms with Gasteiger partial charge in [-0.05, 0) is 23.9 Å². The largest absolute Gasteiger partial charge is 0.279 e. The Balaban J connectivity index is 1.99. The summed E-state index contributed by atoms with van der Waals surface area (Å²) in [5, 5.41) is 3.87. The van der Waals surface area contributed by atoms with Crippen LogP contribution in [-0.4, -0.2) is 17.4 Å². The highest BCUT2D eigenvalue weighted by Gasteiger charge is 2.30. The van der Waals surface area contributed by atoms with Crippen LogP contribution >= 0.6 is 22.7 Å². The Kier molecular flexibility index (Phi) is 4.74. The van der Waals surface area contributed by atoms with Crippen molar-refractivity contribution in [2.75, 3.05) is 0 Å². The van der Waals surface area contributed by atoms with E-state index in [-0.39, 0.29) is 4.21 Å². The molecule has 3 heterocycles. The summed E-state index contributed by atoms with van der Waals surface area (Å²) in [6.45, 7) is 9.39. The SMILES string of the molecule is [C-]#[N+]c1sccc1-c1c(-c2ccccc2)n(S(=O)(=O)c2cnc(C)s2)c2ccccc12. The van der Waals surface area contributed by atoms with Crippen molar-refractivity contribution >= 4 is 48.6 Å². The maximum atomic E-state index is 13.9. The summed E-state index contributed by atoms with van der Waals surface area (Å²) < 4.78 is 29.3. The number of aromatic nitrogens is 2. The number of benzene rings is 2. The second-order valence-electron chi connectivity index (χ2n) is 6.83. The monoisotopic (exact) mass is 461 g/mol. The standard InChI is InChI=1S/C23H15N3O2S3/c1-15-25-14-20(30-15)31(27,28)26-19-11-7-6-10-17(19)21(18-12-13-29-23(18)24-2)22(26)16-8-4-3-5-9-16/h3-14H,1H3. The molecule has 2 aromatic carbocycles. The van der Waals surface area contributed by atoms with E-state index in [1.807, 2.05) is 60.0 Å². The smallest absolute Gasteiger partial charge is 0.249 e. The third-order valence-corrected chi connectivity index (χ3v) is 8.86. The van der Waals surface area contributed by atoms with Gasteiger partial charge in [-0.3, -0.25) is 0 Å². The van der Waals surface area contributed by atoms with Gasteiger partial charge in [-0.15, -0.1) is 11.3 Å². The third-order valence-electron chi connectivity index (χ3n) is 4.99. The Labute approximate surface area is 187 Å². The fraction of sp³-hybridized carbons (Fsp3) is 0.0435. The van der Waals surface area contributed by atoms with Crippen molar-refractivity contribution in [2.45, 2.75) is 11.1 Å². The van der Waals surface area contributed by atoms with Crippen molar-refractivity contribution in [1.82, 2.24) is 8.96 Å². The number of para-hydroxylation sites is 1. The molecule has 3 aromatic heterocycles. The number of nitrogens with zero attached hydrogens (tertiary/aromatic N) is 3. The molecule has 0 N–H and O–H groups in total. The van der Waals surface area contributed by atoms with Crippen molar-refractivity contribution < 1.29 is 8.42 Å². The van der Waals surface area contributed by atoms with Gasteiger partial charge in [-0.1, -0.05) is 54.6 Å². The van der Waals surface area contributed by atoms with Crippen molar-refractivity contribution in [1.29, 1.82) is 0 Å². The fourth-order valence-corrected chi connectivity index (χ4v) is 7.13. The lowest BCUT2D eigenvalue weighted by molar-refractivity contribution is 0.591. The molecular weight excluding hydrogens is 446 g/mol. The van der Waals surface area contributed by atoms with Crippen LogP contribution in [0.2, 0.25) is 0 Å². The van der Waals surface area contributed by atoms with E-state index in [0.29, 0.717) is 21.2 Å². The molecule has 31 heavy (non-hydrogen) atoms. The average Bonchev–Trinajstić information content (AvgIpc) is 3.50. The molecule has 5 aromatic rings. The molecule has 5 nitrogen and oxygen atoms in total. The summed E-state index contributed by atoms with van der Waals surface area (Å²) in [5.74, 6) is 0. The predicted octanol–water partition coefficient (Wildman–Crippen LogP) is 6.59. The zero-order valence-electron chi connectivity index (χ0n) is 16.3. The summed E-state index contributed by atoms with van der Waals surface area (Å²) in [7, 11) is -3.91. The van der Waals surface area contributed by atoms with Crippen LogP contribution in [0.1, 0.15) is 5.01 Å². The second-order valence-corrected chi connectivity index (χ2v) is 11.0. The molecule has 0 atom stereocenters. The third kappa shape index (κ3) is 3.10. The van der Waals surface area contributed by atoms with E-state index in [0.717, 1.165) is 33.4 Å². The van der Waals surface area contributed by atoms with Crippen LogP contribution in [0.4, 0.5) is 5.00 Å². The Morgan fingerprint density at radius 2 is 1.77 bits per heavy atom. The molecule has 0 fully saturated rings. The lowest BCUT2D eigenvalue weighted by Crippen LogP contribution is -2.13. The van der Waals surface area contributed by atoms with Gasteiger partial charge in [-0.25, -0.2) is 13.8 Å². The molecule has 0 aliphatic heterocycles. The van der Waals surface area contributed by atoms with Gasteiger partial charge in [0, 0.05) is 16.5 Å². The van der Waals surface area contributed by atoms with Crippen molar-refractivity contribution in [3.63, 3.8) is 0 Å². The van der Waals surface area contributed by atoms with Crippen LogP contribution in [0.3, 0.4) is 0 Å². The molecule has 0 spiro atoms. The van der Waals surface area contributed by atoms with E-state index < -0.39 is 10.0 Å². The molecular formula is C23H15N3O2S3. The van der Waals surface area contributed by atoms with Gasteiger partial charge in [0.1, 0.15) is 0 Å². The maximum Gasteiger partial charge on any atom is 0.279 e. The van der Waals surface area contributed by atoms with Crippen LogP contribution < -0.4 is 0 Å². The number of rotatable bonds is 4. The number of thiazole rings is 1. The summed E-state index contributed by atoms with van der Waals surface area (Å²) in [5.41, 5.74) is 3.38. The molecule has 0 bridgehead atoms. The van der Waals surface area contributed by atoms with E-state index in [4.69, 9.17) is 6.57 Å². The Bertz CT molecular complexity index is 1570. The topological polar surface area (TPSA) is 56.3 Å². The van der Waals surface area contributed by atoms with Gasteiger partial charge < -0.3 is 0 Å². The molecule has 0 saturated carbocycles. The lowest BCUT2D eigenvalue weighted by Gasteiger charge is -2.12. The normalized spacial score (nSPS) is 11.6. The van der Waals surface area contributed by atoms with Gasteiger partial charge in [-0.2, -0.15) is 19.8 Å². The summed E-state index contributed by atoms with van der Waals surface area (Å²) in [4.78, 5) is 7.85. The number of fused-ring (bicyclic) bond motifs is 1. The van der Waals surface area contributed by atoms with E-state index >= 15 is 0 Å². The van der Waals surface area contributed by atoms with Gasteiger partial charge in [0.05, 0.1) is 29.0 Å². The van der Waals surface area contributed by atoms with E-state index in [1.165, 1.54) is 21.5 Å². The lowest BCUT2D eigenvalue weighted by atomic mass is 10.00. The Hall–Kier alpha value is -3.25. The first kappa shape index (κ1) is 19.7. The van der Waals surface area contributed by atoms with E-state index in [9.17, 15) is 8.42 Å².